The van der Waals surface area contributed by atoms with Gasteiger partial charge in [-0.05, 0) is 85.6 Å². The summed E-state index contributed by atoms with van der Waals surface area (Å²) >= 11 is 11.9. The van der Waals surface area contributed by atoms with Gasteiger partial charge < -0.3 is 14.2 Å². The van der Waals surface area contributed by atoms with E-state index in [4.69, 9.17) is 19.2 Å². The minimum absolute atomic E-state index is 0.117. The number of hydrogen-bond donors (Lipinski definition) is 0. The standard InChI is InChI=1S/C33H29Br3N2O5S/c1-5-41-32(40)28-19(4)37-33-38(29(28)24-8-6-7-9-26(24)43-18(2)3)31(39)27(44-33)15-21-14-23(35)16-25(36)30(21)42-17-20-10-12-22(34)13-11-20/h6-16,18,29H,5,17H2,1-4H3/b27-15-/t29-/m0/s1. The Balaban J connectivity index is 1.67. The fourth-order valence-electron chi connectivity index (χ4n) is 4.87. The number of carbonyl (C=O) groups is 1. The zero-order chi connectivity index (χ0) is 31.5. The number of fused-ring (bicyclic) bond motifs is 1. The van der Waals surface area contributed by atoms with E-state index in [1.807, 2.05) is 74.5 Å². The van der Waals surface area contributed by atoms with Crippen LogP contribution < -0.4 is 24.4 Å². The van der Waals surface area contributed by atoms with Crippen molar-refractivity contribution in [3.8, 4) is 11.5 Å². The summed E-state index contributed by atoms with van der Waals surface area (Å²) in [7, 11) is 0. The lowest BCUT2D eigenvalue weighted by Crippen LogP contribution is -2.40. The first-order chi connectivity index (χ1) is 21.1. The summed E-state index contributed by atoms with van der Waals surface area (Å²) in [6.07, 6.45) is 1.68. The lowest BCUT2D eigenvalue weighted by molar-refractivity contribution is -0.139. The van der Waals surface area contributed by atoms with E-state index in [0.29, 0.717) is 49.8 Å². The number of nitrogens with zero attached hydrogens (tertiary/aromatic N) is 2. The van der Waals surface area contributed by atoms with Crippen LogP contribution in [0.2, 0.25) is 0 Å². The van der Waals surface area contributed by atoms with Crippen LogP contribution in [-0.2, 0) is 16.1 Å². The zero-order valence-electron chi connectivity index (χ0n) is 24.4. The van der Waals surface area contributed by atoms with Gasteiger partial charge in [-0.3, -0.25) is 9.36 Å². The fraction of sp³-hybridized carbons (Fsp3) is 0.242. The van der Waals surface area contributed by atoms with E-state index in [0.717, 1.165) is 19.0 Å². The average Bonchev–Trinajstić information content (AvgIpc) is 3.26. The van der Waals surface area contributed by atoms with E-state index in [2.05, 4.69) is 47.8 Å². The number of hydrogen-bond acceptors (Lipinski definition) is 7. The Morgan fingerprint density at radius 2 is 1.80 bits per heavy atom. The smallest absolute Gasteiger partial charge is 0.338 e. The number of halogens is 3. The maximum absolute atomic E-state index is 14.3. The molecule has 0 saturated heterocycles. The topological polar surface area (TPSA) is 79.1 Å². The van der Waals surface area contributed by atoms with Crippen LogP contribution in [0.3, 0.4) is 0 Å². The van der Waals surface area contributed by atoms with Gasteiger partial charge in [-0.15, -0.1) is 0 Å². The van der Waals surface area contributed by atoms with Gasteiger partial charge in [-0.2, -0.15) is 0 Å². The molecule has 0 aliphatic carbocycles. The second-order valence-corrected chi connectivity index (χ2v) is 13.9. The zero-order valence-corrected chi connectivity index (χ0v) is 30.0. The van der Waals surface area contributed by atoms with Crippen molar-refractivity contribution < 1.29 is 19.0 Å². The number of para-hydroxylation sites is 1. The predicted octanol–water partition coefficient (Wildman–Crippen LogP) is 7.45. The Labute approximate surface area is 284 Å². The van der Waals surface area contributed by atoms with E-state index in [1.165, 1.54) is 11.3 Å². The number of thiazole rings is 1. The number of rotatable bonds is 9. The fourth-order valence-corrected chi connectivity index (χ4v) is 7.55. The van der Waals surface area contributed by atoms with Crippen molar-refractivity contribution in [1.82, 2.24) is 4.57 Å². The molecular weight excluding hydrogens is 776 g/mol. The molecule has 4 aromatic rings. The maximum Gasteiger partial charge on any atom is 0.338 e. The first kappa shape index (κ1) is 32.4. The lowest BCUT2D eigenvalue weighted by Gasteiger charge is -2.26. The van der Waals surface area contributed by atoms with Gasteiger partial charge >= 0.3 is 5.97 Å². The molecule has 1 aliphatic rings. The van der Waals surface area contributed by atoms with Crippen LogP contribution in [0.15, 0.2) is 95.1 Å². The highest BCUT2D eigenvalue weighted by molar-refractivity contribution is 9.11. The van der Waals surface area contributed by atoms with Gasteiger partial charge in [0.1, 0.15) is 24.1 Å². The van der Waals surface area contributed by atoms with E-state index >= 15 is 0 Å². The highest BCUT2D eigenvalue weighted by Gasteiger charge is 2.35. The number of aromatic nitrogens is 1. The summed E-state index contributed by atoms with van der Waals surface area (Å²) in [4.78, 5) is 32.8. The van der Waals surface area contributed by atoms with Crippen molar-refractivity contribution in [1.29, 1.82) is 0 Å². The molecule has 1 aromatic heterocycles. The second kappa shape index (κ2) is 14.0. The summed E-state index contributed by atoms with van der Waals surface area (Å²) in [5, 5.41) is 0. The summed E-state index contributed by atoms with van der Waals surface area (Å²) in [5.41, 5.74) is 2.88. The third-order valence-electron chi connectivity index (χ3n) is 6.71. The largest absolute Gasteiger partial charge is 0.491 e. The van der Waals surface area contributed by atoms with Crippen LogP contribution in [0.4, 0.5) is 0 Å². The van der Waals surface area contributed by atoms with Gasteiger partial charge in [-0.1, -0.05) is 73.5 Å². The van der Waals surface area contributed by atoms with Crippen LogP contribution >= 0.6 is 59.1 Å². The number of esters is 1. The molecule has 1 atom stereocenters. The number of carbonyl (C=O) groups excluding carboxylic acids is 1. The second-order valence-electron chi connectivity index (χ2n) is 10.2. The summed E-state index contributed by atoms with van der Waals surface area (Å²) < 4.78 is 22.4. The van der Waals surface area contributed by atoms with Crippen molar-refractivity contribution in [2.24, 2.45) is 4.99 Å². The Morgan fingerprint density at radius 3 is 2.50 bits per heavy atom. The maximum atomic E-state index is 14.3. The number of ether oxygens (including phenoxy) is 3. The molecule has 5 rings (SSSR count). The SMILES string of the molecule is CCOC(=O)C1=C(C)N=c2s/c(=C\c3cc(Br)cc(Br)c3OCc3ccc(Br)cc3)c(=O)n2[C@H]1c1ccccc1OC(C)C. The van der Waals surface area contributed by atoms with Gasteiger partial charge in [0.15, 0.2) is 4.80 Å². The summed E-state index contributed by atoms with van der Waals surface area (Å²) in [6, 6.07) is 18.4. The molecule has 1 aliphatic heterocycles. The number of allylic oxidation sites excluding steroid dienone is 1. The normalized spacial score (nSPS) is 14.8. The molecule has 0 N–H and O–H groups in total. The van der Waals surface area contributed by atoms with Gasteiger partial charge in [-0.25, -0.2) is 9.79 Å². The molecule has 44 heavy (non-hydrogen) atoms. The molecule has 0 unspecified atom stereocenters. The highest BCUT2D eigenvalue weighted by atomic mass is 79.9. The molecule has 0 saturated carbocycles. The van der Waals surface area contributed by atoms with Gasteiger partial charge in [0.2, 0.25) is 0 Å². The average molecular weight is 805 g/mol. The van der Waals surface area contributed by atoms with Crippen LogP contribution in [0.1, 0.15) is 50.4 Å². The molecule has 0 radical (unpaired) electrons. The molecule has 0 fully saturated rings. The first-order valence-corrected chi connectivity index (χ1v) is 17.1. The monoisotopic (exact) mass is 802 g/mol. The van der Waals surface area contributed by atoms with Crippen molar-refractivity contribution in [2.75, 3.05) is 6.61 Å². The van der Waals surface area contributed by atoms with Gasteiger partial charge in [0.05, 0.1) is 33.0 Å². The Bertz CT molecular complexity index is 1930. The van der Waals surface area contributed by atoms with Crippen LogP contribution in [0.25, 0.3) is 6.08 Å². The van der Waals surface area contributed by atoms with E-state index in [1.54, 1.807) is 24.5 Å². The van der Waals surface area contributed by atoms with Crippen molar-refractivity contribution in [2.45, 2.75) is 46.4 Å². The molecular formula is C33H29Br3N2O5S. The first-order valence-electron chi connectivity index (χ1n) is 13.9. The molecule has 0 bridgehead atoms. The summed E-state index contributed by atoms with van der Waals surface area (Å²) in [5.74, 6) is 0.655. The molecule has 2 heterocycles. The third-order valence-corrected chi connectivity index (χ3v) is 9.27. The molecule has 7 nitrogen and oxygen atoms in total. The van der Waals surface area contributed by atoms with Crippen molar-refractivity contribution >= 4 is 71.2 Å². The van der Waals surface area contributed by atoms with E-state index in [9.17, 15) is 9.59 Å². The van der Waals surface area contributed by atoms with Crippen molar-refractivity contribution in [3.63, 3.8) is 0 Å². The quantitative estimate of drug-likeness (QED) is 0.164. The van der Waals surface area contributed by atoms with Gasteiger partial charge in [0.25, 0.3) is 5.56 Å². The molecule has 0 spiro atoms. The molecule has 0 amide bonds. The van der Waals surface area contributed by atoms with E-state index < -0.39 is 12.0 Å². The third kappa shape index (κ3) is 6.96. The van der Waals surface area contributed by atoms with Crippen LogP contribution in [0, 0.1) is 0 Å². The number of benzene rings is 3. The predicted molar refractivity (Wildman–Crippen MR) is 183 cm³/mol. The van der Waals surface area contributed by atoms with Crippen molar-refractivity contribution in [3.05, 3.63) is 122 Å². The van der Waals surface area contributed by atoms with E-state index in [-0.39, 0.29) is 18.3 Å². The van der Waals surface area contributed by atoms with Crippen LogP contribution in [-0.4, -0.2) is 23.2 Å². The minimum atomic E-state index is -0.787. The summed E-state index contributed by atoms with van der Waals surface area (Å²) in [6.45, 7) is 7.91. The Hall–Kier alpha value is -2.99. The van der Waals surface area contributed by atoms with Gasteiger partial charge in [0, 0.05) is 20.1 Å². The van der Waals surface area contributed by atoms with Crippen LogP contribution in [0.5, 0.6) is 11.5 Å². The lowest BCUT2D eigenvalue weighted by atomic mass is 9.95. The Kier molecular flexibility index (Phi) is 10.3. The Morgan fingerprint density at radius 1 is 1.07 bits per heavy atom. The molecule has 228 valence electrons. The highest BCUT2D eigenvalue weighted by Crippen LogP contribution is 2.37. The minimum Gasteiger partial charge on any atom is -0.491 e. The molecule has 11 heteroatoms. The molecule has 3 aromatic carbocycles.